The predicted molar refractivity (Wildman–Crippen MR) is 128 cm³/mol. The number of carbonyl (C=O) groups is 1. The third-order valence-corrected chi connectivity index (χ3v) is 5.59. The van der Waals surface area contributed by atoms with Crippen LogP contribution >= 0.6 is 0 Å². The van der Waals surface area contributed by atoms with Gasteiger partial charge in [0.25, 0.3) is 0 Å². The van der Waals surface area contributed by atoms with Gasteiger partial charge in [-0.25, -0.2) is 9.78 Å². The molecule has 0 bridgehead atoms. The van der Waals surface area contributed by atoms with Gasteiger partial charge in [0.15, 0.2) is 0 Å². The lowest BCUT2D eigenvalue weighted by atomic mass is 10.1. The Balaban J connectivity index is 1.56. The Hall–Kier alpha value is -4.63. The molecule has 5 rings (SSSR count). The van der Waals surface area contributed by atoms with Gasteiger partial charge in [0.05, 0.1) is 29.3 Å². The SMILES string of the molecule is COC(=O)c1cccc(Cn2cc(/C=C(\C#N)c3nc4ccccc4[nH]3)c3ccccc32)c1. The van der Waals surface area contributed by atoms with E-state index in [9.17, 15) is 10.1 Å². The number of methoxy groups -OCH3 is 1. The highest BCUT2D eigenvalue weighted by Gasteiger charge is 2.12. The molecule has 160 valence electrons. The van der Waals surface area contributed by atoms with E-state index in [4.69, 9.17) is 4.74 Å². The van der Waals surface area contributed by atoms with E-state index < -0.39 is 0 Å². The standard InChI is InChI=1S/C27H20N4O2/c1-33-27(32)19-8-6-7-18(13-19)16-31-17-21(22-9-2-5-12-25(22)31)14-20(15-28)26-29-23-10-3-4-11-24(23)30-26/h2-14,17H,16H2,1H3,(H,29,30)/b20-14+. The van der Waals surface area contributed by atoms with Gasteiger partial charge in [0, 0.05) is 29.2 Å². The van der Waals surface area contributed by atoms with Gasteiger partial charge in [-0.05, 0) is 42.0 Å². The van der Waals surface area contributed by atoms with Gasteiger partial charge in [-0.3, -0.25) is 0 Å². The number of carbonyl (C=O) groups excluding carboxylic acids is 1. The highest BCUT2D eigenvalue weighted by Crippen LogP contribution is 2.27. The Kier molecular flexibility index (Phi) is 5.21. The van der Waals surface area contributed by atoms with Crippen LogP contribution in [0.15, 0.2) is 79.0 Å². The molecule has 5 aromatic rings. The molecule has 6 nitrogen and oxygen atoms in total. The zero-order valence-corrected chi connectivity index (χ0v) is 17.9. The first-order valence-corrected chi connectivity index (χ1v) is 10.5. The minimum atomic E-state index is -0.359. The number of esters is 1. The maximum absolute atomic E-state index is 11.9. The number of rotatable bonds is 5. The molecule has 0 amide bonds. The summed E-state index contributed by atoms with van der Waals surface area (Å²) in [7, 11) is 1.38. The second-order valence-electron chi connectivity index (χ2n) is 7.69. The summed E-state index contributed by atoms with van der Waals surface area (Å²) in [5.74, 6) is 0.184. The molecule has 0 aliphatic heterocycles. The maximum Gasteiger partial charge on any atom is 0.337 e. The highest BCUT2D eigenvalue weighted by atomic mass is 16.5. The monoisotopic (exact) mass is 432 g/mol. The van der Waals surface area contributed by atoms with Crippen LogP contribution in [0.3, 0.4) is 0 Å². The Bertz CT molecular complexity index is 1530. The number of fused-ring (bicyclic) bond motifs is 2. The number of imidazole rings is 1. The summed E-state index contributed by atoms with van der Waals surface area (Å²) >= 11 is 0. The lowest BCUT2D eigenvalue weighted by Gasteiger charge is -2.07. The molecular weight excluding hydrogens is 412 g/mol. The van der Waals surface area contributed by atoms with E-state index in [0.29, 0.717) is 23.5 Å². The van der Waals surface area contributed by atoms with Crippen LogP contribution in [-0.4, -0.2) is 27.6 Å². The first-order valence-electron chi connectivity index (χ1n) is 10.5. The Morgan fingerprint density at radius 1 is 1.12 bits per heavy atom. The maximum atomic E-state index is 11.9. The molecule has 0 saturated carbocycles. The van der Waals surface area contributed by atoms with Crippen molar-refractivity contribution in [2.75, 3.05) is 7.11 Å². The fourth-order valence-corrected chi connectivity index (χ4v) is 4.02. The fraction of sp³-hybridized carbons (Fsp3) is 0.0741. The molecule has 2 aromatic heterocycles. The first-order chi connectivity index (χ1) is 16.2. The third-order valence-electron chi connectivity index (χ3n) is 5.59. The summed E-state index contributed by atoms with van der Waals surface area (Å²) in [5, 5.41) is 10.9. The van der Waals surface area contributed by atoms with E-state index in [1.807, 2.05) is 79.0 Å². The summed E-state index contributed by atoms with van der Waals surface area (Å²) in [6.07, 6.45) is 3.89. The summed E-state index contributed by atoms with van der Waals surface area (Å²) in [6.45, 7) is 0.575. The molecule has 2 heterocycles. The molecule has 1 N–H and O–H groups in total. The first kappa shape index (κ1) is 20.3. The second kappa shape index (κ2) is 8.48. The highest BCUT2D eigenvalue weighted by molar-refractivity contribution is 5.98. The number of nitriles is 1. The molecule has 0 aliphatic rings. The summed E-state index contributed by atoms with van der Waals surface area (Å²) in [4.78, 5) is 19.7. The summed E-state index contributed by atoms with van der Waals surface area (Å²) in [6, 6.07) is 25.5. The third kappa shape index (κ3) is 3.88. The van der Waals surface area contributed by atoms with Crippen molar-refractivity contribution in [2.45, 2.75) is 6.54 Å². The number of allylic oxidation sites excluding steroid dienone is 1. The number of hydrogen-bond acceptors (Lipinski definition) is 4. The number of para-hydroxylation sites is 3. The fourth-order valence-electron chi connectivity index (χ4n) is 4.02. The molecule has 0 aliphatic carbocycles. The molecular formula is C27H20N4O2. The van der Waals surface area contributed by atoms with E-state index in [1.165, 1.54) is 7.11 Å². The average Bonchev–Trinajstić information content (AvgIpc) is 3.44. The predicted octanol–water partition coefficient (Wildman–Crippen LogP) is 5.42. The molecule has 0 unspecified atom stereocenters. The normalized spacial score (nSPS) is 11.6. The second-order valence-corrected chi connectivity index (χ2v) is 7.69. The molecule has 0 radical (unpaired) electrons. The Morgan fingerprint density at radius 3 is 2.76 bits per heavy atom. The molecule has 33 heavy (non-hydrogen) atoms. The van der Waals surface area contributed by atoms with Crippen LogP contribution in [0.1, 0.15) is 27.3 Å². The van der Waals surface area contributed by atoms with Gasteiger partial charge >= 0.3 is 5.97 Å². The smallest absolute Gasteiger partial charge is 0.337 e. The summed E-state index contributed by atoms with van der Waals surface area (Å²) < 4.78 is 6.96. The largest absolute Gasteiger partial charge is 0.465 e. The van der Waals surface area contributed by atoms with Gasteiger partial charge in [-0.2, -0.15) is 5.26 Å². The number of aromatic amines is 1. The van der Waals surface area contributed by atoms with Gasteiger partial charge in [0.2, 0.25) is 0 Å². The number of nitrogens with one attached hydrogen (secondary N) is 1. The molecule has 3 aromatic carbocycles. The number of hydrogen-bond donors (Lipinski definition) is 1. The van der Waals surface area contributed by atoms with Crippen LogP contribution < -0.4 is 0 Å². The molecule has 0 spiro atoms. The molecule has 0 atom stereocenters. The lowest BCUT2D eigenvalue weighted by Crippen LogP contribution is -2.03. The van der Waals surface area contributed by atoms with E-state index in [2.05, 4.69) is 20.6 Å². The van der Waals surface area contributed by atoms with Gasteiger partial charge in [0.1, 0.15) is 11.9 Å². The summed E-state index contributed by atoms with van der Waals surface area (Å²) in [5.41, 5.74) is 5.63. The van der Waals surface area contributed by atoms with Crippen LogP contribution in [0, 0.1) is 11.3 Å². The van der Waals surface area contributed by atoms with Crippen molar-refractivity contribution < 1.29 is 9.53 Å². The average molecular weight is 432 g/mol. The van der Waals surface area contributed by atoms with Crippen LogP contribution in [0.5, 0.6) is 0 Å². The number of H-pyrrole nitrogens is 1. The van der Waals surface area contributed by atoms with Gasteiger partial charge < -0.3 is 14.3 Å². The Labute approximate surface area is 190 Å². The van der Waals surface area contributed by atoms with Crippen molar-refractivity contribution in [3.63, 3.8) is 0 Å². The minimum Gasteiger partial charge on any atom is -0.465 e. The number of benzene rings is 3. The van der Waals surface area contributed by atoms with E-state index in [0.717, 1.165) is 33.1 Å². The van der Waals surface area contributed by atoms with Crippen LogP contribution in [0.2, 0.25) is 0 Å². The van der Waals surface area contributed by atoms with E-state index in [-0.39, 0.29) is 5.97 Å². The van der Waals surface area contributed by atoms with E-state index >= 15 is 0 Å². The van der Waals surface area contributed by atoms with Gasteiger partial charge in [-0.15, -0.1) is 0 Å². The molecule has 0 saturated heterocycles. The number of ether oxygens (including phenoxy) is 1. The molecule has 0 fully saturated rings. The van der Waals surface area contributed by atoms with Crippen LogP contribution in [-0.2, 0) is 11.3 Å². The zero-order valence-electron chi connectivity index (χ0n) is 17.9. The van der Waals surface area contributed by atoms with Crippen molar-refractivity contribution in [1.29, 1.82) is 5.26 Å². The van der Waals surface area contributed by atoms with Gasteiger partial charge in [-0.1, -0.05) is 42.5 Å². The minimum absolute atomic E-state index is 0.359. The van der Waals surface area contributed by atoms with Crippen molar-refractivity contribution in [1.82, 2.24) is 14.5 Å². The van der Waals surface area contributed by atoms with E-state index in [1.54, 1.807) is 6.07 Å². The topological polar surface area (TPSA) is 83.7 Å². The van der Waals surface area contributed by atoms with Crippen molar-refractivity contribution >= 4 is 39.6 Å². The molecule has 6 heteroatoms. The number of aromatic nitrogens is 3. The Morgan fingerprint density at radius 2 is 1.94 bits per heavy atom. The van der Waals surface area contributed by atoms with Crippen molar-refractivity contribution in [2.24, 2.45) is 0 Å². The van der Waals surface area contributed by atoms with Crippen LogP contribution in [0.25, 0.3) is 33.6 Å². The van der Waals surface area contributed by atoms with Crippen molar-refractivity contribution in [3.8, 4) is 6.07 Å². The lowest BCUT2D eigenvalue weighted by molar-refractivity contribution is 0.0600. The zero-order chi connectivity index (χ0) is 22.8. The van der Waals surface area contributed by atoms with Crippen molar-refractivity contribution in [3.05, 3.63) is 102 Å². The quantitative estimate of drug-likeness (QED) is 0.297. The van der Waals surface area contributed by atoms with Crippen LogP contribution in [0.4, 0.5) is 0 Å². The number of nitrogens with zero attached hydrogens (tertiary/aromatic N) is 3.